The molecule has 0 bridgehead atoms. The van der Waals surface area contributed by atoms with Gasteiger partial charge < -0.3 is 10.2 Å². The van der Waals surface area contributed by atoms with Crippen LogP contribution < -0.4 is 0 Å². The molecule has 1 aliphatic rings. The Morgan fingerprint density at radius 1 is 1.36 bits per heavy atom. The average molecular weight is 158 g/mol. The lowest BCUT2D eigenvalue weighted by Crippen LogP contribution is -2.38. The monoisotopic (exact) mass is 158 g/mol. The van der Waals surface area contributed by atoms with Gasteiger partial charge in [-0.15, -0.1) is 0 Å². The fourth-order valence-corrected chi connectivity index (χ4v) is 2.21. The Balaban J connectivity index is 2.55. The summed E-state index contributed by atoms with van der Waals surface area (Å²) in [6.45, 7) is 3.88. The molecule has 1 fully saturated rings. The first-order valence-corrected chi connectivity index (χ1v) is 4.49. The molecule has 0 saturated heterocycles. The van der Waals surface area contributed by atoms with Crippen LogP contribution in [-0.4, -0.2) is 22.4 Å². The summed E-state index contributed by atoms with van der Waals surface area (Å²) >= 11 is 0. The molecule has 0 aliphatic heterocycles. The number of hydrogen-bond donors (Lipinski definition) is 2. The highest BCUT2D eigenvalue weighted by molar-refractivity contribution is 4.82. The van der Waals surface area contributed by atoms with Crippen LogP contribution in [0.1, 0.15) is 33.1 Å². The highest BCUT2D eigenvalue weighted by Crippen LogP contribution is 2.32. The molecule has 0 radical (unpaired) electrons. The summed E-state index contributed by atoms with van der Waals surface area (Å²) < 4.78 is 0. The van der Waals surface area contributed by atoms with Gasteiger partial charge in [0, 0.05) is 5.92 Å². The molecule has 4 unspecified atom stereocenters. The van der Waals surface area contributed by atoms with Gasteiger partial charge in [0.1, 0.15) is 0 Å². The fraction of sp³-hybridized carbons (Fsp3) is 1.00. The summed E-state index contributed by atoms with van der Waals surface area (Å²) in [7, 11) is 0. The van der Waals surface area contributed by atoms with E-state index in [-0.39, 0.29) is 18.1 Å². The van der Waals surface area contributed by atoms with Crippen molar-refractivity contribution in [3.05, 3.63) is 0 Å². The van der Waals surface area contributed by atoms with Gasteiger partial charge in [0.15, 0.2) is 0 Å². The second-order valence-electron chi connectivity index (χ2n) is 3.79. The van der Waals surface area contributed by atoms with Crippen molar-refractivity contribution in [3.63, 3.8) is 0 Å². The van der Waals surface area contributed by atoms with E-state index in [4.69, 9.17) is 0 Å². The molecule has 11 heavy (non-hydrogen) atoms. The third kappa shape index (κ3) is 1.94. The molecule has 0 aromatic carbocycles. The molecule has 1 saturated carbocycles. The largest absolute Gasteiger partial charge is 0.393 e. The lowest BCUT2D eigenvalue weighted by Gasteiger charge is -2.35. The standard InChI is InChI=1S/C9H18O2/c1-6-4-3-5-8(11)9(6)7(2)10/h6-11H,3-5H2,1-2H3. The van der Waals surface area contributed by atoms with Crippen LogP contribution in [0, 0.1) is 11.8 Å². The molecule has 0 amide bonds. The Bertz CT molecular complexity index is 113. The Morgan fingerprint density at radius 3 is 2.36 bits per heavy atom. The molecule has 1 rings (SSSR count). The Hall–Kier alpha value is -0.0800. The van der Waals surface area contributed by atoms with Gasteiger partial charge >= 0.3 is 0 Å². The predicted molar refractivity (Wildman–Crippen MR) is 44.2 cm³/mol. The van der Waals surface area contributed by atoms with Crippen LogP contribution in [0.25, 0.3) is 0 Å². The van der Waals surface area contributed by atoms with Crippen LogP contribution in [0.3, 0.4) is 0 Å². The smallest absolute Gasteiger partial charge is 0.0595 e. The van der Waals surface area contributed by atoms with E-state index in [0.717, 1.165) is 19.3 Å². The van der Waals surface area contributed by atoms with Crippen molar-refractivity contribution in [3.8, 4) is 0 Å². The van der Waals surface area contributed by atoms with Crippen molar-refractivity contribution in [1.29, 1.82) is 0 Å². The van der Waals surface area contributed by atoms with Crippen LogP contribution in [0.2, 0.25) is 0 Å². The number of hydrogen-bond acceptors (Lipinski definition) is 2. The molecular formula is C9H18O2. The second kappa shape index (κ2) is 3.55. The van der Waals surface area contributed by atoms with Crippen molar-refractivity contribution >= 4 is 0 Å². The minimum absolute atomic E-state index is 0.101. The minimum Gasteiger partial charge on any atom is -0.393 e. The van der Waals surface area contributed by atoms with Crippen LogP contribution in [0.4, 0.5) is 0 Å². The van der Waals surface area contributed by atoms with E-state index in [1.807, 2.05) is 0 Å². The van der Waals surface area contributed by atoms with E-state index < -0.39 is 0 Å². The maximum atomic E-state index is 9.55. The van der Waals surface area contributed by atoms with Crippen molar-refractivity contribution < 1.29 is 10.2 Å². The SMILES string of the molecule is CC(O)C1C(C)CCCC1O. The molecule has 0 heterocycles. The van der Waals surface area contributed by atoms with E-state index in [1.165, 1.54) is 0 Å². The van der Waals surface area contributed by atoms with Gasteiger partial charge in [-0.1, -0.05) is 19.8 Å². The van der Waals surface area contributed by atoms with Crippen molar-refractivity contribution in [2.24, 2.45) is 11.8 Å². The first-order chi connectivity index (χ1) is 5.13. The fourth-order valence-electron chi connectivity index (χ4n) is 2.21. The van der Waals surface area contributed by atoms with Gasteiger partial charge in [-0.2, -0.15) is 0 Å². The number of aliphatic hydroxyl groups excluding tert-OH is 2. The Morgan fingerprint density at radius 2 is 2.00 bits per heavy atom. The van der Waals surface area contributed by atoms with E-state index in [0.29, 0.717) is 5.92 Å². The Labute approximate surface area is 68.2 Å². The van der Waals surface area contributed by atoms with Crippen molar-refractivity contribution in [2.75, 3.05) is 0 Å². The first-order valence-electron chi connectivity index (χ1n) is 4.49. The maximum Gasteiger partial charge on any atom is 0.0595 e. The lowest BCUT2D eigenvalue weighted by atomic mass is 9.76. The molecule has 0 spiro atoms. The topological polar surface area (TPSA) is 40.5 Å². The third-order valence-electron chi connectivity index (χ3n) is 2.82. The molecule has 0 aromatic heterocycles. The zero-order chi connectivity index (χ0) is 8.43. The zero-order valence-electron chi connectivity index (χ0n) is 7.33. The lowest BCUT2D eigenvalue weighted by molar-refractivity contribution is -0.0317. The second-order valence-corrected chi connectivity index (χ2v) is 3.79. The molecule has 2 N–H and O–H groups in total. The van der Waals surface area contributed by atoms with Crippen molar-refractivity contribution in [1.82, 2.24) is 0 Å². The van der Waals surface area contributed by atoms with Gasteiger partial charge in [-0.25, -0.2) is 0 Å². The van der Waals surface area contributed by atoms with E-state index in [9.17, 15) is 10.2 Å². The molecular weight excluding hydrogens is 140 g/mol. The van der Waals surface area contributed by atoms with Crippen LogP contribution in [0.15, 0.2) is 0 Å². The minimum atomic E-state index is -0.361. The normalized spacial score (nSPS) is 42.0. The van der Waals surface area contributed by atoms with Gasteiger partial charge in [-0.3, -0.25) is 0 Å². The third-order valence-corrected chi connectivity index (χ3v) is 2.82. The van der Waals surface area contributed by atoms with E-state index in [2.05, 4.69) is 6.92 Å². The summed E-state index contributed by atoms with van der Waals surface area (Å²) in [4.78, 5) is 0. The number of rotatable bonds is 1. The molecule has 1 aliphatic carbocycles. The zero-order valence-corrected chi connectivity index (χ0v) is 7.33. The number of aliphatic hydroxyl groups is 2. The quantitative estimate of drug-likeness (QED) is 0.601. The van der Waals surface area contributed by atoms with Crippen LogP contribution in [-0.2, 0) is 0 Å². The van der Waals surface area contributed by atoms with E-state index in [1.54, 1.807) is 6.92 Å². The summed E-state index contributed by atoms with van der Waals surface area (Å²) in [5.41, 5.74) is 0. The van der Waals surface area contributed by atoms with Gasteiger partial charge in [-0.05, 0) is 19.3 Å². The predicted octanol–water partition coefficient (Wildman–Crippen LogP) is 1.16. The van der Waals surface area contributed by atoms with Crippen LogP contribution >= 0.6 is 0 Å². The summed E-state index contributed by atoms with van der Waals surface area (Å²) in [5, 5.41) is 18.9. The van der Waals surface area contributed by atoms with Gasteiger partial charge in [0.05, 0.1) is 12.2 Å². The maximum absolute atomic E-state index is 9.55. The molecule has 2 heteroatoms. The molecule has 4 atom stereocenters. The van der Waals surface area contributed by atoms with Crippen molar-refractivity contribution in [2.45, 2.75) is 45.3 Å². The van der Waals surface area contributed by atoms with Gasteiger partial charge in [0.25, 0.3) is 0 Å². The van der Waals surface area contributed by atoms with E-state index >= 15 is 0 Å². The van der Waals surface area contributed by atoms with Crippen LogP contribution in [0.5, 0.6) is 0 Å². The van der Waals surface area contributed by atoms with Gasteiger partial charge in [0.2, 0.25) is 0 Å². The Kier molecular flexibility index (Phi) is 2.90. The molecule has 0 aromatic rings. The highest BCUT2D eigenvalue weighted by Gasteiger charge is 2.32. The summed E-state index contributed by atoms with van der Waals surface area (Å²) in [6.07, 6.45) is 2.47. The molecule has 2 nitrogen and oxygen atoms in total. The highest BCUT2D eigenvalue weighted by atomic mass is 16.3. The summed E-state index contributed by atoms with van der Waals surface area (Å²) in [6, 6.07) is 0. The molecule has 66 valence electrons. The average Bonchev–Trinajstić information content (AvgIpc) is 1.85. The summed E-state index contributed by atoms with van der Waals surface area (Å²) in [5.74, 6) is 0.572. The first kappa shape index (κ1) is 9.01.